The van der Waals surface area contributed by atoms with Crippen molar-refractivity contribution in [3.63, 3.8) is 0 Å². The van der Waals surface area contributed by atoms with Gasteiger partial charge in [0.15, 0.2) is 0 Å². The zero-order valence-corrected chi connectivity index (χ0v) is 9.58. The molecular weight excluding hydrogens is 234 g/mol. The van der Waals surface area contributed by atoms with Crippen molar-refractivity contribution in [2.45, 2.75) is 6.61 Å². The van der Waals surface area contributed by atoms with Crippen molar-refractivity contribution in [2.24, 2.45) is 0 Å². The van der Waals surface area contributed by atoms with Gasteiger partial charge in [-0.15, -0.1) is 0 Å². The van der Waals surface area contributed by atoms with Crippen molar-refractivity contribution in [3.8, 4) is 5.75 Å². The summed E-state index contributed by atoms with van der Waals surface area (Å²) in [5, 5.41) is 17.9. The molecule has 92 valence electrons. The zero-order valence-electron chi connectivity index (χ0n) is 9.58. The molecular formula is C13H12BFO3. The highest BCUT2D eigenvalue weighted by molar-refractivity contribution is 6.58. The molecule has 0 bridgehead atoms. The van der Waals surface area contributed by atoms with Gasteiger partial charge in [-0.05, 0) is 23.2 Å². The molecule has 0 radical (unpaired) electrons. The van der Waals surface area contributed by atoms with Crippen molar-refractivity contribution < 1.29 is 19.2 Å². The Labute approximate surface area is 105 Å². The van der Waals surface area contributed by atoms with E-state index in [-0.39, 0.29) is 5.82 Å². The average molecular weight is 246 g/mol. The van der Waals surface area contributed by atoms with Gasteiger partial charge in [-0.25, -0.2) is 4.39 Å². The first-order chi connectivity index (χ1) is 8.65. The molecule has 0 amide bonds. The maximum atomic E-state index is 12.9. The molecule has 0 atom stereocenters. The highest BCUT2D eigenvalue weighted by atomic mass is 19.1. The molecule has 0 spiro atoms. The van der Waals surface area contributed by atoms with E-state index in [1.165, 1.54) is 12.1 Å². The van der Waals surface area contributed by atoms with E-state index < -0.39 is 7.12 Å². The van der Waals surface area contributed by atoms with Crippen LogP contribution in [-0.4, -0.2) is 17.2 Å². The van der Waals surface area contributed by atoms with Crippen molar-refractivity contribution in [1.29, 1.82) is 0 Å². The molecule has 2 aromatic rings. The van der Waals surface area contributed by atoms with Gasteiger partial charge in [-0.2, -0.15) is 0 Å². The van der Waals surface area contributed by atoms with Crippen molar-refractivity contribution in [2.75, 3.05) is 0 Å². The van der Waals surface area contributed by atoms with Crippen LogP contribution < -0.4 is 10.2 Å². The third-order valence-electron chi connectivity index (χ3n) is 2.48. The van der Waals surface area contributed by atoms with Crippen LogP contribution in [0.4, 0.5) is 4.39 Å². The second-order valence-electron chi connectivity index (χ2n) is 3.86. The van der Waals surface area contributed by atoms with E-state index in [1.54, 1.807) is 36.4 Å². The Morgan fingerprint density at radius 1 is 1.06 bits per heavy atom. The summed E-state index contributed by atoms with van der Waals surface area (Å²) in [6, 6.07) is 12.6. The quantitative estimate of drug-likeness (QED) is 0.794. The molecule has 2 rings (SSSR count). The van der Waals surface area contributed by atoms with Crippen LogP contribution in [0.15, 0.2) is 48.5 Å². The number of ether oxygens (including phenoxy) is 1. The summed E-state index contributed by atoms with van der Waals surface area (Å²) in [5.74, 6) is 0.118. The van der Waals surface area contributed by atoms with Crippen LogP contribution in [0.25, 0.3) is 0 Å². The monoisotopic (exact) mass is 246 g/mol. The Kier molecular flexibility index (Phi) is 3.97. The largest absolute Gasteiger partial charge is 0.489 e. The van der Waals surface area contributed by atoms with E-state index in [2.05, 4.69) is 0 Å². The van der Waals surface area contributed by atoms with E-state index in [1.807, 2.05) is 0 Å². The standard InChI is InChI=1S/C13H12BFO3/c15-12-2-1-3-13(8-12)18-9-10-4-6-11(7-5-10)14(16)17/h1-8,16-17H,9H2. The molecule has 0 heterocycles. The Balaban J connectivity index is 1.98. The lowest BCUT2D eigenvalue weighted by atomic mass is 9.80. The topological polar surface area (TPSA) is 49.7 Å². The van der Waals surface area contributed by atoms with Crippen LogP contribution in [-0.2, 0) is 6.61 Å². The van der Waals surface area contributed by atoms with Gasteiger partial charge in [0.05, 0.1) is 0 Å². The third kappa shape index (κ3) is 3.32. The highest BCUT2D eigenvalue weighted by Gasteiger charge is 2.09. The lowest BCUT2D eigenvalue weighted by Crippen LogP contribution is -2.29. The SMILES string of the molecule is OB(O)c1ccc(COc2cccc(F)c2)cc1. The van der Waals surface area contributed by atoms with E-state index in [4.69, 9.17) is 14.8 Å². The van der Waals surface area contributed by atoms with E-state index in [9.17, 15) is 4.39 Å². The maximum Gasteiger partial charge on any atom is 0.488 e. The third-order valence-corrected chi connectivity index (χ3v) is 2.48. The van der Waals surface area contributed by atoms with E-state index in [0.29, 0.717) is 17.8 Å². The minimum atomic E-state index is -1.47. The smallest absolute Gasteiger partial charge is 0.488 e. The number of hydrogen-bond acceptors (Lipinski definition) is 3. The highest BCUT2D eigenvalue weighted by Crippen LogP contribution is 2.13. The minimum absolute atomic E-state index is 0.297. The van der Waals surface area contributed by atoms with Gasteiger partial charge in [-0.3, -0.25) is 0 Å². The average Bonchev–Trinajstić information content (AvgIpc) is 2.37. The van der Waals surface area contributed by atoms with Crippen molar-refractivity contribution >= 4 is 12.6 Å². The lowest BCUT2D eigenvalue weighted by molar-refractivity contribution is 0.304. The van der Waals surface area contributed by atoms with Gasteiger partial charge < -0.3 is 14.8 Å². The van der Waals surface area contributed by atoms with Gasteiger partial charge >= 0.3 is 7.12 Å². The molecule has 0 saturated heterocycles. The molecule has 0 aliphatic heterocycles. The van der Waals surface area contributed by atoms with Gasteiger partial charge in [-0.1, -0.05) is 30.3 Å². The summed E-state index contributed by atoms with van der Waals surface area (Å²) >= 11 is 0. The number of rotatable bonds is 4. The molecule has 0 saturated carbocycles. The van der Waals surface area contributed by atoms with Crippen LogP contribution in [0.1, 0.15) is 5.56 Å². The summed E-state index contributed by atoms with van der Waals surface area (Å²) < 4.78 is 18.3. The normalized spacial score (nSPS) is 10.2. The number of hydrogen-bond donors (Lipinski definition) is 2. The van der Waals surface area contributed by atoms with Gasteiger partial charge in [0.2, 0.25) is 0 Å². The first kappa shape index (κ1) is 12.6. The predicted octanol–water partition coefficient (Wildman–Crippen LogP) is 1.08. The second kappa shape index (κ2) is 5.66. The molecule has 3 nitrogen and oxygen atoms in total. The maximum absolute atomic E-state index is 12.9. The fraction of sp³-hybridized carbons (Fsp3) is 0.0769. The molecule has 5 heteroatoms. The van der Waals surface area contributed by atoms with Gasteiger partial charge in [0.25, 0.3) is 0 Å². The van der Waals surface area contributed by atoms with Gasteiger partial charge in [0.1, 0.15) is 18.2 Å². The molecule has 0 unspecified atom stereocenters. The second-order valence-corrected chi connectivity index (χ2v) is 3.86. The number of halogens is 1. The zero-order chi connectivity index (χ0) is 13.0. The summed E-state index contributed by atoms with van der Waals surface area (Å²) in [7, 11) is -1.47. The van der Waals surface area contributed by atoms with E-state index in [0.717, 1.165) is 5.56 Å². The first-order valence-corrected chi connectivity index (χ1v) is 5.48. The summed E-state index contributed by atoms with van der Waals surface area (Å²) in [5.41, 5.74) is 1.29. The lowest BCUT2D eigenvalue weighted by Gasteiger charge is -2.07. The summed E-state index contributed by atoms with van der Waals surface area (Å²) in [6.07, 6.45) is 0. The molecule has 0 fully saturated rings. The first-order valence-electron chi connectivity index (χ1n) is 5.48. The fourth-order valence-electron chi connectivity index (χ4n) is 1.51. The Morgan fingerprint density at radius 2 is 1.78 bits per heavy atom. The molecule has 0 aromatic heterocycles. The van der Waals surface area contributed by atoms with Crippen LogP contribution in [0.3, 0.4) is 0 Å². The van der Waals surface area contributed by atoms with Gasteiger partial charge in [0, 0.05) is 6.07 Å². The van der Waals surface area contributed by atoms with E-state index >= 15 is 0 Å². The Hall–Kier alpha value is -1.85. The molecule has 2 aromatic carbocycles. The van der Waals surface area contributed by atoms with Crippen LogP contribution >= 0.6 is 0 Å². The van der Waals surface area contributed by atoms with Crippen LogP contribution in [0, 0.1) is 5.82 Å². The molecule has 0 aliphatic rings. The summed E-state index contributed by atoms with van der Waals surface area (Å²) in [6.45, 7) is 0.297. The minimum Gasteiger partial charge on any atom is -0.489 e. The Bertz CT molecular complexity index is 514. The molecule has 2 N–H and O–H groups in total. The van der Waals surface area contributed by atoms with Crippen molar-refractivity contribution in [1.82, 2.24) is 0 Å². The van der Waals surface area contributed by atoms with Crippen LogP contribution in [0.2, 0.25) is 0 Å². The van der Waals surface area contributed by atoms with Crippen LogP contribution in [0.5, 0.6) is 5.75 Å². The summed E-state index contributed by atoms with van der Waals surface area (Å²) in [4.78, 5) is 0. The predicted molar refractivity (Wildman–Crippen MR) is 67.0 cm³/mol. The van der Waals surface area contributed by atoms with Crippen molar-refractivity contribution in [3.05, 3.63) is 59.9 Å². The molecule has 18 heavy (non-hydrogen) atoms. The number of benzene rings is 2. The molecule has 0 aliphatic carbocycles. The Morgan fingerprint density at radius 3 is 2.39 bits per heavy atom. The fourth-order valence-corrected chi connectivity index (χ4v) is 1.51.